The molecule has 0 saturated carbocycles. The third-order valence-electron chi connectivity index (χ3n) is 9.22. The second kappa shape index (κ2) is 14.7. The molecule has 15 heteroatoms. The summed E-state index contributed by atoms with van der Waals surface area (Å²) >= 11 is 0. The maximum Gasteiger partial charge on any atom is 0.417 e. The van der Waals surface area contributed by atoms with Gasteiger partial charge in [0.1, 0.15) is 11.5 Å². The van der Waals surface area contributed by atoms with Crippen LogP contribution in [0.3, 0.4) is 0 Å². The molecule has 284 valence electrons. The molecular weight excluding hydrogens is 732 g/mol. The van der Waals surface area contributed by atoms with Gasteiger partial charge in [0.15, 0.2) is 0 Å². The van der Waals surface area contributed by atoms with Crippen LogP contribution in [0.15, 0.2) is 109 Å². The second-order valence-corrected chi connectivity index (χ2v) is 12.3. The number of carbonyl (C=O) groups is 3. The van der Waals surface area contributed by atoms with Crippen molar-refractivity contribution in [3.63, 3.8) is 0 Å². The zero-order chi connectivity index (χ0) is 39.7. The predicted molar refractivity (Wildman–Crippen MR) is 188 cm³/mol. The molecule has 0 radical (unpaired) electrons. The number of hydrogen-bond acceptors (Lipinski definition) is 5. The smallest absolute Gasteiger partial charge is 0.417 e. The van der Waals surface area contributed by atoms with Gasteiger partial charge in [-0.05, 0) is 59.5 Å². The van der Waals surface area contributed by atoms with Crippen LogP contribution in [0.1, 0.15) is 43.0 Å². The molecule has 0 atom stereocenters. The molecule has 5 aromatic rings. The van der Waals surface area contributed by atoms with Crippen molar-refractivity contribution in [3.8, 4) is 33.8 Å². The lowest BCUT2D eigenvalue weighted by molar-refractivity contribution is -0.137. The molecule has 0 aliphatic carbocycles. The van der Waals surface area contributed by atoms with Gasteiger partial charge >= 0.3 is 18.4 Å². The van der Waals surface area contributed by atoms with Crippen LogP contribution in [0, 0.1) is 0 Å². The minimum absolute atomic E-state index is 0.0747. The number of nitrogens with zero attached hydrogens (tertiary/aromatic N) is 1. The van der Waals surface area contributed by atoms with Gasteiger partial charge in [0.25, 0.3) is 11.8 Å². The first-order chi connectivity index (χ1) is 26.1. The molecule has 0 saturated heterocycles. The van der Waals surface area contributed by atoms with E-state index in [1.807, 2.05) is 0 Å². The highest BCUT2D eigenvalue weighted by molar-refractivity contribution is 6.06. The van der Waals surface area contributed by atoms with E-state index in [1.165, 1.54) is 87.0 Å². The molecule has 9 nitrogen and oxygen atoms in total. The third-order valence-corrected chi connectivity index (χ3v) is 9.22. The molecule has 0 spiro atoms. The van der Waals surface area contributed by atoms with Crippen LogP contribution in [-0.4, -0.2) is 48.7 Å². The molecule has 6 rings (SSSR count). The first-order valence-electron chi connectivity index (χ1n) is 16.5. The van der Waals surface area contributed by atoms with Gasteiger partial charge in [-0.25, -0.2) is 4.79 Å². The van der Waals surface area contributed by atoms with Crippen molar-refractivity contribution in [1.82, 2.24) is 15.5 Å². The van der Waals surface area contributed by atoms with Crippen LogP contribution in [0.4, 0.5) is 31.1 Å². The minimum Gasteiger partial charge on any atom is -0.496 e. The van der Waals surface area contributed by atoms with Gasteiger partial charge < -0.3 is 25.2 Å². The van der Waals surface area contributed by atoms with Crippen LogP contribution in [0.5, 0.6) is 11.5 Å². The first-order valence-corrected chi connectivity index (χ1v) is 16.5. The van der Waals surface area contributed by atoms with E-state index in [-0.39, 0.29) is 52.3 Å². The van der Waals surface area contributed by atoms with Gasteiger partial charge in [-0.3, -0.25) is 14.5 Å². The highest BCUT2D eigenvalue weighted by atomic mass is 19.4. The predicted octanol–water partition coefficient (Wildman–Crippen LogP) is 8.58. The summed E-state index contributed by atoms with van der Waals surface area (Å²) in [7, 11) is 2.40. The van der Waals surface area contributed by atoms with Crippen molar-refractivity contribution in [2.45, 2.75) is 24.6 Å². The standard InChI is InChI=1S/C40H31F6N3O6/c1-54-31-19-9-14-26(33(31)24-12-4-7-17-29(24)38(41,42)43)35(50)47-40(28-16-6-3-11-23(28)21-22-49(40)37(52)53)48-36(51)27-15-10-20-32(55-2)34(27)25-13-5-8-18-30(25)39(44,45)46/h3-20H,21-22H2,1-2H3,(H,47,50)(H,48,51)(H,52,53). The Bertz CT molecular complexity index is 2170. The summed E-state index contributed by atoms with van der Waals surface area (Å²) in [6.45, 7) is -0.295. The monoisotopic (exact) mass is 763 g/mol. The quantitative estimate of drug-likeness (QED) is 0.108. The number of alkyl halides is 6. The number of fused-ring (bicyclic) bond motifs is 1. The zero-order valence-corrected chi connectivity index (χ0v) is 29.0. The average Bonchev–Trinajstić information content (AvgIpc) is 3.16. The number of carbonyl (C=O) groups excluding carboxylic acids is 2. The Hall–Kier alpha value is -6.51. The Morgan fingerprint density at radius 1 is 0.636 bits per heavy atom. The number of benzene rings is 5. The maximum absolute atomic E-state index is 14.6. The first kappa shape index (κ1) is 38.2. The van der Waals surface area contributed by atoms with E-state index in [1.54, 1.807) is 12.1 Å². The minimum atomic E-state index is -4.86. The van der Waals surface area contributed by atoms with E-state index >= 15 is 0 Å². The molecule has 3 amide bonds. The lowest BCUT2D eigenvalue weighted by atomic mass is 9.90. The molecule has 0 bridgehead atoms. The van der Waals surface area contributed by atoms with Crippen LogP contribution in [0.2, 0.25) is 0 Å². The van der Waals surface area contributed by atoms with Crippen molar-refractivity contribution >= 4 is 17.9 Å². The Morgan fingerprint density at radius 3 is 1.51 bits per heavy atom. The number of amides is 3. The van der Waals surface area contributed by atoms with Crippen LogP contribution < -0.4 is 20.1 Å². The molecule has 5 aromatic carbocycles. The SMILES string of the molecule is COc1cccc(C(=O)NC2(NC(=O)c3cccc(OC)c3-c3ccccc3C(F)(F)F)c3ccccc3CCN2C(=O)O)c1-c1ccccc1C(F)(F)F. The van der Waals surface area contributed by atoms with E-state index in [0.717, 1.165) is 29.2 Å². The fraction of sp³-hybridized carbons (Fsp3) is 0.175. The van der Waals surface area contributed by atoms with Crippen LogP contribution in [0.25, 0.3) is 22.3 Å². The summed E-state index contributed by atoms with van der Waals surface area (Å²) in [5.74, 6) is -4.95. The Morgan fingerprint density at radius 2 is 1.07 bits per heavy atom. The third kappa shape index (κ3) is 7.12. The molecule has 55 heavy (non-hydrogen) atoms. The van der Waals surface area contributed by atoms with Crippen LogP contribution >= 0.6 is 0 Å². The van der Waals surface area contributed by atoms with Crippen molar-refractivity contribution < 1.29 is 55.3 Å². The molecule has 0 aromatic heterocycles. The number of methoxy groups -OCH3 is 2. The second-order valence-electron chi connectivity index (χ2n) is 12.3. The van der Waals surface area contributed by atoms with Gasteiger partial charge in [0.05, 0.1) is 36.5 Å². The van der Waals surface area contributed by atoms with Crippen molar-refractivity contribution in [3.05, 3.63) is 143 Å². The fourth-order valence-electron chi connectivity index (χ4n) is 6.87. The van der Waals surface area contributed by atoms with E-state index < -0.39 is 58.3 Å². The van der Waals surface area contributed by atoms with Crippen molar-refractivity contribution in [1.29, 1.82) is 0 Å². The van der Waals surface area contributed by atoms with E-state index in [4.69, 9.17) is 9.47 Å². The molecule has 3 N–H and O–H groups in total. The summed E-state index contributed by atoms with van der Waals surface area (Å²) in [6, 6.07) is 23.1. The summed E-state index contributed by atoms with van der Waals surface area (Å²) in [6.07, 6.45) is -11.2. The molecular formula is C40H31F6N3O6. The lowest BCUT2D eigenvalue weighted by Crippen LogP contribution is -2.70. The number of hydrogen-bond donors (Lipinski definition) is 3. The van der Waals surface area contributed by atoms with Gasteiger partial charge in [0, 0.05) is 23.2 Å². The molecule has 1 heterocycles. The number of carboxylic acid groups (broad SMARTS) is 1. The van der Waals surface area contributed by atoms with Crippen molar-refractivity contribution in [2.75, 3.05) is 20.8 Å². The Balaban J connectivity index is 1.56. The number of halogens is 6. The number of nitrogens with one attached hydrogen (secondary N) is 2. The number of rotatable bonds is 8. The van der Waals surface area contributed by atoms with Gasteiger partial charge in [0.2, 0.25) is 5.79 Å². The lowest BCUT2D eigenvalue weighted by Gasteiger charge is -2.47. The summed E-state index contributed by atoms with van der Waals surface area (Å²) < 4.78 is 96.7. The summed E-state index contributed by atoms with van der Waals surface area (Å²) in [4.78, 5) is 43.0. The van der Waals surface area contributed by atoms with Gasteiger partial charge in [-0.1, -0.05) is 72.8 Å². The fourth-order valence-corrected chi connectivity index (χ4v) is 6.87. The summed E-state index contributed by atoms with van der Waals surface area (Å²) in [5, 5.41) is 15.8. The highest BCUT2D eigenvalue weighted by Crippen LogP contribution is 2.44. The Kier molecular flexibility index (Phi) is 10.2. The zero-order valence-electron chi connectivity index (χ0n) is 29.0. The van der Waals surface area contributed by atoms with E-state index in [2.05, 4.69) is 10.6 Å². The van der Waals surface area contributed by atoms with E-state index in [9.17, 15) is 45.8 Å². The molecule has 0 fully saturated rings. The Labute approximate surface area is 310 Å². The molecule has 0 unspecified atom stereocenters. The average molecular weight is 764 g/mol. The molecule has 1 aliphatic rings. The maximum atomic E-state index is 14.6. The topological polar surface area (TPSA) is 117 Å². The summed E-state index contributed by atoms with van der Waals surface area (Å²) in [5.41, 5.74) is -3.75. The van der Waals surface area contributed by atoms with Crippen LogP contribution in [-0.2, 0) is 24.6 Å². The van der Waals surface area contributed by atoms with E-state index in [0.29, 0.717) is 5.56 Å². The van der Waals surface area contributed by atoms with Gasteiger partial charge in [-0.15, -0.1) is 0 Å². The molecule has 1 aliphatic heterocycles. The van der Waals surface area contributed by atoms with Gasteiger partial charge in [-0.2, -0.15) is 26.3 Å². The normalized spacial score (nSPS) is 13.7. The van der Waals surface area contributed by atoms with Crippen molar-refractivity contribution in [2.24, 2.45) is 0 Å². The largest absolute Gasteiger partial charge is 0.496 e. The number of ether oxygens (including phenoxy) is 2. The highest BCUT2D eigenvalue weighted by Gasteiger charge is 2.49.